The Bertz CT molecular complexity index is 1350. The average molecular weight is 620 g/mol. The number of aromatic nitrogens is 3. The molecule has 0 radical (unpaired) electrons. The highest BCUT2D eigenvalue weighted by Gasteiger charge is 2.18. The number of aryl methyl sites for hydroxylation is 2. The summed E-state index contributed by atoms with van der Waals surface area (Å²) in [4.78, 5) is 34.6. The molecule has 2 heterocycles. The maximum atomic E-state index is 12.6. The Morgan fingerprint density at radius 1 is 0.889 bits per heavy atom. The van der Waals surface area contributed by atoms with Gasteiger partial charge in [0.1, 0.15) is 11.3 Å². The molecule has 3 aromatic rings. The molecule has 9 nitrogen and oxygen atoms in total. The van der Waals surface area contributed by atoms with Crippen molar-refractivity contribution in [2.45, 2.75) is 135 Å². The number of nitrogens with two attached hydrogens (primary N) is 2. The van der Waals surface area contributed by atoms with Crippen LogP contribution >= 0.6 is 0 Å². The molecular formula is C36H57N7O2. The summed E-state index contributed by atoms with van der Waals surface area (Å²) >= 11 is 0. The standard InChI is InChI=1S/C36H57N7O2/c1-2-3-20-31-42-34-35(29-18-12-13-19-30(29)41-36(34)38)43(31)24-15-14-23-39-32(44)21-22-33(45)40-26-27-16-10-8-6-4-5-7-9-11-17-28(37)25-27/h12-13,18-19,27-28H,2-11,14-17,20-26,37H2,1H3,(H2,38,41)(H,39,44)(H,40,45). The third-order valence-corrected chi connectivity index (χ3v) is 9.31. The van der Waals surface area contributed by atoms with E-state index in [1.165, 1.54) is 51.4 Å². The molecule has 0 saturated heterocycles. The van der Waals surface area contributed by atoms with E-state index < -0.39 is 0 Å². The Balaban J connectivity index is 1.19. The van der Waals surface area contributed by atoms with Crippen LogP contribution in [0.1, 0.15) is 122 Å². The molecule has 1 aromatic carbocycles. The van der Waals surface area contributed by atoms with Crippen LogP contribution in [0.5, 0.6) is 0 Å². The molecule has 2 amide bonds. The molecule has 0 spiro atoms. The molecule has 4 rings (SSSR count). The Morgan fingerprint density at radius 3 is 2.33 bits per heavy atom. The number of rotatable bonds is 13. The highest BCUT2D eigenvalue weighted by molar-refractivity contribution is 6.06. The topological polar surface area (TPSA) is 141 Å². The number of nitrogens with one attached hydrogen (secondary N) is 2. The largest absolute Gasteiger partial charge is 0.382 e. The number of pyridine rings is 1. The molecule has 6 N–H and O–H groups in total. The predicted octanol–water partition coefficient (Wildman–Crippen LogP) is 6.55. The van der Waals surface area contributed by atoms with Crippen molar-refractivity contribution in [3.05, 3.63) is 30.1 Å². The number of hydrogen-bond acceptors (Lipinski definition) is 6. The van der Waals surface area contributed by atoms with Crippen molar-refractivity contribution in [1.29, 1.82) is 0 Å². The Morgan fingerprint density at radius 2 is 1.58 bits per heavy atom. The number of unbranched alkanes of at least 4 members (excludes halogenated alkanes) is 2. The second-order valence-corrected chi connectivity index (χ2v) is 13.1. The fraction of sp³-hybridized carbons (Fsp3) is 0.667. The van der Waals surface area contributed by atoms with Crippen LogP contribution in [0.4, 0.5) is 5.82 Å². The summed E-state index contributed by atoms with van der Waals surface area (Å²) in [6, 6.07) is 8.29. The molecular weight excluding hydrogens is 562 g/mol. The Labute approximate surface area is 269 Å². The number of nitrogens with zero attached hydrogens (tertiary/aromatic N) is 3. The van der Waals surface area contributed by atoms with Gasteiger partial charge in [-0.3, -0.25) is 9.59 Å². The van der Waals surface area contributed by atoms with Crippen molar-refractivity contribution in [3.8, 4) is 0 Å². The number of fused-ring (bicyclic) bond motifs is 3. The Kier molecular flexibility index (Phi) is 14.4. The minimum atomic E-state index is -0.0733. The van der Waals surface area contributed by atoms with Gasteiger partial charge in [0.05, 0.1) is 11.0 Å². The van der Waals surface area contributed by atoms with Crippen molar-refractivity contribution in [2.75, 3.05) is 18.8 Å². The second-order valence-electron chi connectivity index (χ2n) is 13.1. The highest BCUT2D eigenvalue weighted by atomic mass is 16.2. The number of carbonyl (C=O) groups is 2. The summed E-state index contributed by atoms with van der Waals surface area (Å²) in [5, 5.41) is 7.17. The molecule has 1 aliphatic carbocycles. The van der Waals surface area contributed by atoms with Crippen molar-refractivity contribution >= 4 is 39.6 Å². The van der Waals surface area contributed by atoms with E-state index in [0.717, 1.165) is 85.7 Å². The number of imidazole rings is 1. The number of hydrogen-bond donors (Lipinski definition) is 4. The number of para-hydroxylation sites is 1. The number of nitrogen functional groups attached to an aromatic ring is 1. The number of carbonyl (C=O) groups excluding carboxylic acids is 2. The molecule has 0 bridgehead atoms. The zero-order valence-corrected chi connectivity index (χ0v) is 27.6. The number of anilines is 1. The van der Waals surface area contributed by atoms with Crippen molar-refractivity contribution in [1.82, 2.24) is 25.2 Å². The molecule has 248 valence electrons. The summed E-state index contributed by atoms with van der Waals surface area (Å²) in [6.45, 7) is 4.23. The maximum Gasteiger partial charge on any atom is 0.220 e. The predicted molar refractivity (Wildman–Crippen MR) is 185 cm³/mol. The van der Waals surface area contributed by atoms with Crippen LogP contribution in [-0.2, 0) is 22.6 Å². The van der Waals surface area contributed by atoms with Gasteiger partial charge in [-0.05, 0) is 50.5 Å². The van der Waals surface area contributed by atoms with E-state index in [1.807, 2.05) is 18.2 Å². The summed E-state index contributed by atoms with van der Waals surface area (Å²) in [5.41, 5.74) is 15.5. The van der Waals surface area contributed by atoms with Crippen molar-refractivity contribution in [3.63, 3.8) is 0 Å². The third kappa shape index (κ3) is 11.0. The van der Waals surface area contributed by atoms with E-state index in [1.54, 1.807) is 0 Å². The average Bonchev–Trinajstić information content (AvgIpc) is 3.41. The van der Waals surface area contributed by atoms with E-state index in [4.69, 9.17) is 16.5 Å². The lowest BCUT2D eigenvalue weighted by Crippen LogP contribution is -2.34. The van der Waals surface area contributed by atoms with Gasteiger partial charge in [0.25, 0.3) is 0 Å². The van der Waals surface area contributed by atoms with E-state index >= 15 is 0 Å². The second kappa shape index (κ2) is 18.7. The maximum absolute atomic E-state index is 12.6. The van der Waals surface area contributed by atoms with Gasteiger partial charge in [-0.1, -0.05) is 82.9 Å². The van der Waals surface area contributed by atoms with E-state index in [0.29, 0.717) is 24.8 Å². The third-order valence-electron chi connectivity index (χ3n) is 9.31. The summed E-state index contributed by atoms with van der Waals surface area (Å²) < 4.78 is 2.30. The van der Waals surface area contributed by atoms with Crippen LogP contribution in [0.2, 0.25) is 0 Å². The van der Waals surface area contributed by atoms with Gasteiger partial charge in [0.15, 0.2) is 5.82 Å². The summed E-state index contributed by atoms with van der Waals surface area (Å²) in [5.74, 6) is 1.81. The van der Waals surface area contributed by atoms with Crippen LogP contribution < -0.4 is 22.1 Å². The van der Waals surface area contributed by atoms with Crippen LogP contribution in [0.15, 0.2) is 24.3 Å². The van der Waals surface area contributed by atoms with Crippen LogP contribution in [-0.4, -0.2) is 45.5 Å². The molecule has 1 fully saturated rings. The quantitative estimate of drug-likeness (QED) is 0.160. The van der Waals surface area contributed by atoms with Gasteiger partial charge in [-0.2, -0.15) is 0 Å². The molecule has 0 aliphatic heterocycles. The minimum Gasteiger partial charge on any atom is -0.382 e. The minimum absolute atomic E-state index is 0.0470. The normalized spacial score (nSPS) is 18.6. The molecule has 45 heavy (non-hydrogen) atoms. The zero-order valence-electron chi connectivity index (χ0n) is 27.6. The van der Waals surface area contributed by atoms with Gasteiger partial charge in [0, 0.05) is 50.3 Å². The first-order valence-corrected chi connectivity index (χ1v) is 17.8. The SMILES string of the molecule is CCCCc1nc2c(N)nc3ccccc3c2n1CCCCNC(=O)CCC(=O)NCC1CCCCCCCCCCC(N)C1. The first kappa shape index (κ1) is 34.7. The van der Waals surface area contributed by atoms with E-state index in [9.17, 15) is 9.59 Å². The van der Waals surface area contributed by atoms with Gasteiger partial charge in [0.2, 0.25) is 11.8 Å². The van der Waals surface area contributed by atoms with Crippen LogP contribution in [0.25, 0.3) is 21.9 Å². The summed E-state index contributed by atoms with van der Waals surface area (Å²) in [6.07, 6.45) is 18.6. The molecule has 2 atom stereocenters. The van der Waals surface area contributed by atoms with Gasteiger partial charge < -0.3 is 26.7 Å². The lowest BCUT2D eigenvalue weighted by molar-refractivity contribution is -0.126. The smallest absolute Gasteiger partial charge is 0.220 e. The summed E-state index contributed by atoms with van der Waals surface area (Å²) in [7, 11) is 0. The first-order chi connectivity index (χ1) is 22.0. The number of benzene rings is 1. The molecule has 9 heteroatoms. The fourth-order valence-electron chi connectivity index (χ4n) is 6.71. The monoisotopic (exact) mass is 619 g/mol. The van der Waals surface area contributed by atoms with Gasteiger partial charge >= 0.3 is 0 Å². The number of amides is 2. The van der Waals surface area contributed by atoms with E-state index in [-0.39, 0.29) is 30.7 Å². The molecule has 2 aromatic heterocycles. The van der Waals surface area contributed by atoms with Crippen molar-refractivity contribution < 1.29 is 9.59 Å². The van der Waals surface area contributed by atoms with E-state index in [2.05, 4.69) is 33.2 Å². The van der Waals surface area contributed by atoms with Crippen LogP contribution in [0, 0.1) is 5.92 Å². The van der Waals surface area contributed by atoms with Crippen molar-refractivity contribution in [2.24, 2.45) is 11.7 Å². The zero-order chi connectivity index (χ0) is 31.9. The molecule has 2 unspecified atom stereocenters. The lowest BCUT2D eigenvalue weighted by atomic mass is 9.92. The van der Waals surface area contributed by atoms with Gasteiger partial charge in [-0.25, -0.2) is 9.97 Å². The Hall–Kier alpha value is -3.20. The molecule has 1 aliphatic rings. The van der Waals surface area contributed by atoms with Gasteiger partial charge in [-0.15, -0.1) is 0 Å². The lowest BCUT2D eigenvalue weighted by Gasteiger charge is -2.21. The van der Waals surface area contributed by atoms with Crippen LogP contribution in [0.3, 0.4) is 0 Å². The first-order valence-electron chi connectivity index (χ1n) is 17.8. The fourth-order valence-corrected chi connectivity index (χ4v) is 6.71. The molecule has 1 saturated carbocycles. The highest BCUT2D eigenvalue weighted by Crippen LogP contribution is 2.29.